The first kappa shape index (κ1) is 15.2. The van der Waals surface area contributed by atoms with Crippen molar-refractivity contribution in [2.24, 2.45) is 0 Å². The van der Waals surface area contributed by atoms with E-state index in [1.807, 2.05) is 42.3 Å². The SMILES string of the molecule is CC(NC(=O)C(C)N(C)Cc1ccccc1)C(=O)O. The maximum atomic E-state index is 11.9. The molecule has 2 unspecified atom stereocenters. The zero-order chi connectivity index (χ0) is 14.4. The molecule has 1 amide bonds. The Labute approximate surface area is 113 Å². The Hall–Kier alpha value is -1.88. The molecular formula is C14H20N2O3. The van der Waals surface area contributed by atoms with E-state index in [9.17, 15) is 9.59 Å². The van der Waals surface area contributed by atoms with Crippen LogP contribution in [0, 0.1) is 0 Å². The van der Waals surface area contributed by atoms with E-state index in [2.05, 4.69) is 5.32 Å². The molecule has 0 radical (unpaired) electrons. The quantitative estimate of drug-likeness (QED) is 0.807. The number of aliphatic carboxylic acids is 1. The van der Waals surface area contributed by atoms with E-state index in [1.54, 1.807) is 6.92 Å². The maximum absolute atomic E-state index is 11.9. The van der Waals surface area contributed by atoms with E-state index in [1.165, 1.54) is 6.92 Å². The summed E-state index contributed by atoms with van der Waals surface area (Å²) in [6, 6.07) is 8.54. The third-order valence-corrected chi connectivity index (χ3v) is 3.04. The first-order chi connectivity index (χ1) is 8.91. The summed E-state index contributed by atoms with van der Waals surface area (Å²) in [5.41, 5.74) is 1.11. The lowest BCUT2D eigenvalue weighted by Gasteiger charge is -2.24. The first-order valence-electron chi connectivity index (χ1n) is 6.19. The fourth-order valence-corrected chi connectivity index (χ4v) is 1.60. The number of nitrogens with one attached hydrogen (secondary N) is 1. The lowest BCUT2D eigenvalue weighted by Crippen LogP contribution is -2.48. The second kappa shape index (κ2) is 6.89. The highest BCUT2D eigenvalue weighted by molar-refractivity contribution is 5.86. The number of hydrogen-bond acceptors (Lipinski definition) is 3. The van der Waals surface area contributed by atoms with Crippen molar-refractivity contribution in [1.82, 2.24) is 10.2 Å². The summed E-state index contributed by atoms with van der Waals surface area (Å²) >= 11 is 0. The Morgan fingerprint density at radius 1 is 1.26 bits per heavy atom. The van der Waals surface area contributed by atoms with Gasteiger partial charge in [0, 0.05) is 6.54 Å². The zero-order valence-corrected chi connectivity index (χ0v) is 11.5. The monoisotopic (exact) mass is 264 g/mol. The Bertz CT molecular complexity index is 434. The number of carbonyl (C=O) groups excluding carboxylic acids is 1. The number of carboxylic acids is 1. The van der Waals surface area contributed by atoms with E-state index in [4.69, 9.17) is 5.11 Å². The van der Waals surface area contributed by atoms with Crippen LogP contribution in [0.1, 0.15) is 19.4 Å². The molecule has 0 saturated carbocycles. The molecule has 1 aromatic carbocycles. The fourth-order valence-electron chi connectivity index (χ4n) is 1.60. The number of likely N-dealkylation sites (N-methyl/N-ethyl adjacent to an activating group) is 1. The fraction of sp³-hybridized carbons (Fsp3) is 0.429. The molecule has 0 bridgehead atoms. The number of hydrogen-bond donors (Lipinski definition) is 2. The van der Waals surface area contributed by atoms with Crippen LogP contribution in [0.2, 0.25) is 0 Å². The number of rotatable bonds is 6. The van der Waals surface area contributed by atoms with Crippen molar-refractivity contribution >= 4 is 11.9 Å². The lowest BCUT2D eigenvalue weighted by atomic mass is 10.2. The van der Waals surface area contributed by atoms with Gasteiger partial charge in [0.15, 0.2) is 0 Å². The van der Waals surface area contributed by atoms with Gasteiger partial charge in [-0.3, -0.25) is 14.5 Å². The Morgan fingerprint density at radius 2 is 1.84 bits per heavy atom. The largest absolute Gasteiger partial charge is 0.480 e. The van der Waals surface area contributed by atoms with Crippen LogP contribution in [0.4, 0.5) is 0 Å². The number of carbonyl (C=O) groups is 2. The number of benzene rings is 1. The van der Waals surface area contributed by atoms with Crippen molar-refractivity contribution < 1.29 is 14.7 Å². The highest BCUT2D eigenvalue weighted by Gasteiger charge is 2.21. The molecule has 2 atom stereocenters. The van der Waals surface area contributed by atoms with Gasteiger partial charge in [0.2, 0.25) is 5.91 Å². The summed E-state index contributed by atoms with van der Waals surface area (Å²) in [5, 5.41) is 11.2. The summed E-state index contributed by atoms with van der Waals surface area (Å²) in [7, 11) is 1.84. The van der Waals surface area contributed by atoms with Gasteiger partial charge in [-0.2, -0.15) is 0 Å². The predicted molar refractivity (Wildman–Crippen MR) is 72.6 cm³/mol. The smallest absolute Gasteiger partial charge is 0.325 e. The molecule has 5 heteroatoms. The summed E-state index contributed by atoms with van der Waals surface area (Å²) in [6.45, 7) is 3.84. The summed E-state index contributed by atoms with van der Waals surface area (Å²) in [4.78, 5) is 24.4. The van der Waals surface area contributed by atoms with Gasteiger partial charge in [-0.05, 0) is 26.5 Å². The number of amides is 1. The van der Waals surface area contributed by atoms with Gasteiger partial charge in [-0.1, -0.05) is 30.3 Å². The normalized spacial score (nSPS) is 13.9. The van der Waals surface area contributed by atoms with E-state index < -0.39 is 12.0 Å². The molecule has 19 heavy (non-hydrogen) atoms. The number of carboxylic acid groups (broad SMARTS) is 1. The van der Waals surface area contributed by atoms with E-state index in [0.29, 0.717) is 6.54 Å². The van der Waals surface area contributed by atoms with Crippen LogP contribution in [0.25, 0.3) is 0 Å². The molecule has 5 nitrogen and oxygen atoms in total. The second-order valence-corrected chi connectivity index (χ2v) is 4.65. The standard InChI is InChI=1S/C14H20N2O3/c1-10(14(18)19)15-13(17)11(2)16(3)9-12-7-5-4-6-8-12/h4-8,10-11H,9H2,1-3H3,(H,15,17)(H,18,19). The topological polar surface area (TPSA) is 69.6 Å². The van der Waals surface area contributed by atoms with Gasteiger partial charge in [0.25, 0.3) is 0 Å². The minimum absolute atomic E-state index is 0.284. The van der Waals surface area contributed by atoms with Crippen LogP contribution >= 0.6 is 0 Å². The summed E-state index contributed by atoms with van der Waals surface area (Å²) < 4.78 is 0. The van der Waals surface area contributed by atoms with Crippen LogP contribution in [0.15, 0.2) is 30.3 Å². The molecule has 0 heterocycles. The van der Waals surface area contributed by atoms with Crippen LogP contribution in [0.5, 0.6) is 0 Å². The van der Waals surface area contributed by atoms with Crippen molar-refractivity contribution in [3.05, 3.63) is 35.9 Å². The first-order valence-corrected chi connectivity index (χ1v) is 6.19. The summed E-state index contributed by atoms with van der Waals surface area (Å²) in [5.74, 6) is -1.32. The molecular weight excluding hydrogens is 244 g/mol. The Morgan fingerprint density at radius 3 is 2.37 bits per heavy atom. The average molecular weight is 264 g/mol. The third kappa shape index (κ3) is 4.71. The predicted octanol–water partition coefficient (Wildman–Crippen LogP) is 1.10. The van der Waals surface area contributed by atoms with Gasteiger partial charge in [-0.25, -0.2) is 0 Å². The number of nitrogens with zero attached hydrogens (tertiary/aromatic N) is 1. The Kier molecular flexibility index (Phi) is 5.51. The minimum Gasteiger partial charge on any atom is -0.480 e. The molecule has 2 N–H and O–H groups in total. The zero-order valence-electron chi connectivity index (χ0n) is 11.5. The summed E-state index contributed by atoms with van der Waals surface area (Å²) in [6.07, 6.45) is 0. The maximum Gasteiger partial charge on any atom is 0.325 e. The van der Waals surface area contributed by atoms with Crippen molar-refractivity contribution in [3.63, 3.8) is 0 Å². The Balaban J connectivity index is 2.54. The van der Waals surface area contributed by atoms with Gasteiger partial charge in [0.05, 0.1) is 6.04 Å². The molecule has 1 rings (SSSR count). The van der Waals surface area contributed by atoms with E-state index >= 15 is 0 Å². The molecule has 0 aliphatic carbocycles. The minimum atomic E-state index is -1.04. The van der Waals surface area contributed by atoms with Gasteiger partial charge in [-0.15, -0.1) is 0 Å². The van der Waals surface area contributed by atoms with Crippen molar-refractivity contribution in [1.29, 1.82) is 0 Å². The highest BCUT2D eigenvalue weighted by Crippen LogP contribution is 2.06. The van der Waals surface area contributed by atoms with Crippen molar-refractivity contribution in [3.8, 4) is 0 Å². The average Bonchev–Trinajstić information content (AvgIpc) is 2.38. The second-order valence-electron chi connectivity index (χ2n) is 4.65. The molecule has 0 spiro atoms. The van der Waals surface area contributed by atoms with Gasteiger partial charge < -0.3 is 10.4 Å². The molecule has 0 aliphatic heterocycles. The van der Waals surface area contributed by atoms with Crippen LogP contribution in [-0.2, 0) is 16.1 Å². The molecule has 0 aliphatic rings. The molecule has 0 fully saturated rings. The van der Waals surface area contributed by atoms with Gasteiger partial charge >= 0.3 is 5.97 Å². The van der Waals surface area contributed by atoms with Crippen LogP contribution in [0.3, 0.4) is 0 Å². The molecule has 0 saturated heterocycles. The third-order valence-electron chi connectivity index (χ3n) is 3.04. The molecule has 1 aromatic rings. The van der Waals surface area contributed by atoms with Crippen LogP contribution < -0.4 is 5.32 Å². The van der Waals surface area contributed by atoms with Crippen molar-refractivity contribution in [2.75, 3.05) is 7.05 Å². The molecule has 104 valence electrons. The highest BCUT2D eigenvalue weighted by atomic mass is 16.4. The molecule has 0 aromatic heterocycles. The van der Waals surface area contributed by atoms with E-state index in [0.717, 1.165) is 5.56 Å². The van der Waals surface area contributed by atoms with E-state index in [-0.39, 0.29) is 11.9 Å². The van der Waals surface area contributed by atoms with Crippen LogP contribution in [-0.4, -0.2) is 41.0 Å². The van der Waals surface area contributed by atoms with Crippen molar-refractivity contribution in [2.45, 2.75) is 32.5 Å². The lowest BCUT2D eigenvalue weighted by molar-refractivity contribution is -0.142. The van der Waals surface area contributed by atoms with Gasteiger partial charge in [0.1, 0.15) is 6.04 Å².